The van der Waals surface area contributed by atoms with Crippen molar-refractivity contribution in [2.24, 2.45) is 4.36 Å². The molecule has 192 valence electrons. The molecule has 1 saturated heterocycles. The van der Waals surface area contributed by atoms with Crippen LogP contribution in [0, 0.1) is 17.1 Å². The van der Waals surface area contributed by atoms with E-state index in [0.717, 1.165) is 38.3 Å². The van der Waals surface area contributed by atoms with E-state index in [0.29, 0.717) is 5.95 Å². The number of benzene rings is 1. The lowest BCUT2D eigenvalue weighted by Gasteiger charge is -2.38. The fraction of sp³-hybridized carbons (Fsp3) is 0.360. The summed E-state index contributed by atoms with van der Waals surface area (Å²) in [5.41, 5.74) is 4.99. The van der Waals surface area contributed by atoms with Crippen LogP contribution in [0.3, 0.4) is 0 Å². The Morgan fingerprint density at radius 1 is 1.16 bits per heavy atom. The van der Waals surface area contributed by atoms with Gasteiger partial charge in [-0.1, -0.05) is 0 Å². The third-order valence-electron chi connectivity index (χ3n) is 6.24. The minimum atomic E-state index is -2.61. The molecule has 10 nitrogen and oxygen atoms in total. The number of aromatic nitrogens is 3. The molecule has 3 aromatic rings. The van der Waals surface area contributed by atoms with E-state index >= 15 is 0 Å². The van der Waals surface area contributed by atoms with Gasteiger partial charge in [-0.3, -0.25) is 0 Å². The molecule has 1 aromatic carbocycles. The summed E-state index contributed by atoms with van der Waals surface area (Å²) in [6, 6.07) is 8.90. The molecule has 0 unspecified atom stereocenters. The minimum Gasteiger partial charge on any atom is -0.371 e. The largest absolute Gasteiger partial charge is 0.371 e. The van der Waals surface area contributed by atoms with Gasteiger partial charge in [-0.05, 0) is 55.3 Å². The van der Waals surface area contributed by atoms with Crippen molar-refractivity contribution < 1.29 is 8.60 Å². The molecule has 0 bridgehead atoms. The van der Waals surface area contributed by atoms with Crippen LogP contribution in [-0.4, -0.2) is 63.3 Å². The molecule has 4 heterocycles. The maximum Gasteiger partial charge on any atom is 0.229 e. The average Bonchev–Trinajstić information content (AvgIpc) is 2.79. The summed E-state index contributed by atoms with van der Waals surface area (Å²) in [5, 5.41) is 15.8. The Bertz CT molecular complexity index is 1520. The fourth-order valence-corrected chi connectivity index (χ4v) is 4.92. The van der Waals surface area contributed by atoms with Crippen LogP contribution in [0.5, 0.6) is 0 Å². The second-order valence-electron chi connectivity index (χ2n) is 9.55. The van der Waals surface area contributed by atoms with Gasteiger partial charge in [-0.25, -0.2) is 18.6 Å². The van der Waals surface area contributed by atoms with E-state index in [-0.39, 0.29) is 23.0 Å². The van der Waals surface area contributed by atoms with Crippen LogP contribution in [0.1, 0.15) is 23.1 Å². The van der Waals surface area contributed by atoms with E-state index in [4.69, 9.17) is 0 Å². The zero-order chi connectivity index (χ0) is 26.2. The first-order chi connectivity index (χ1) is 17.7. The van der Waals surface area contributed by atoms with E-state index in [2.05, 4.69) is 65.0 Å². The normalized spacial score (nSPS) is 15.4. The lowest BCUT2D eigenvalue weighted by molar-refractivity contribution is 0.313. The van der Waals surface area contributed by atoms with Gasteiger partial charge in [0.15, 0.2) is 17.5 Å². The Kier molecular flexibility index (Phi) is 6.66. The molecule has 0 radical (unpaired) electrons. The number of fused-ring (bicyclic) bond motifs is 1. The summed E-state index contributed by atoms with van der Waals surface area (Å²) in [6.07, 6.45) is 6.43. The summed E-state index contributed by atoms with van der Waals surface area (Å²) in [4.78, 5) is 17.6. The van der Waals surface area contributed by atoms with Crippen molar-refractivity contribution in [2.75, 3.05) is 54.7 Å². The van der Waals surface area contributed by atoms with E-state index in [1.54, 1.807) is 0 Å². The van der Waals surface area contributed by atoms with Crippen molar-refractivity contribution in [1.82, 2.24) is 19.9 Å². The van der Waals surface area contributed by atoms with E-state index in [1.165, 1.54) is 54.1 Å². The molecule has 0 spiro atoms. The Balaban J connectivity index is 1.45. The topological polar surface area (TPSA) is 122 Å². The van der Waals surface area contributed by atoms with Gasteiger partial charge in [0.05, 0.1) is 6.20 Å². The highest BCUT2D eigenvalue weighted by atomic mass is 32.2. The molecular weight excluding hydrogens is 493 g/mol. The number of hydrogen-bond acceptors (Lipinski definition) is 10. The molecule has 0 atom stereocenters. The number of hydrogen-bond donors (Lipinski definition) is 2. The Morgan fingerprint density at radius 3 is 2.68 bits per heavy atom. The van der Waals surface area contributed by atoms with Gasteiger partial charge in [0, 0.05) is 59.8 Å². The Morgan fingerprint density at radius 2 is 1.97 bits per heavy atom. The summed E-state index contributed by atoms with van der Waals surface area (Å²) < 4.78 is 30.0. The highest BCUT2D eigenvalue weighted by Gasteiger charge is 2.24. The number of nitrogens with one attached hydrogen (secondary N) is 2. The standard InChI is InChI=1S/C25H28FN9OS/c1-34-10-7-19-16(15-34)11-18(12-21(19)35-8-4-9-35)29-25-28-14-17(13-27)23(32-25)30-22-6-5-20(26)24(31-22)33-37(2,3)36/h5-6,11-12,14H,4,7-10,15H2,1-3H3,(H2,28,29,30,31,32). The van der Waals surface area contributed by atoms with E-state index in [9.17, 15) is 13.9 Å². The molecule has 1 fully saturated rings. The minimum absolute atomic E-state index is 0.193. The summed E-state index contributed by atoms with van der Waals surface area (Å²) in [5.74, 6) is -0.245. The predicted octanol–water partition coefficient (Wildman–Crippen LogP) is 3.93. The van der Waals surface area contributed by atoms with Crippen molar-refractivity contribution in [1.29, 1.82) is 5.26 Å². The van der Waals surface area contributed by atoms with E-state index < -0.39 is 15.5 Å². The van der Waals surface area contributed by atoms with Gasteiger partial charge >= 0.3 is 0 Å². The molecule has 37 heavy (non-hydrogen) atoms. The first-order valence-electron chi connectivity index (χ1n) is 11.9. The maximum absolute atomic E-state index is 14.2. The molecule has 12 heteroatoms. The lowest BCUT2D eigenvalue weighted by Crippen LogP contribution is -2.39. The van der Waals surface area contributed by atoms with Gasteiger partial charge in [0.25, 0.3) is 0 Å². The van der Waals surface area contributed by atoms with Gasteiger partial charge in [-0.15, -0.1) is 0 Å². The fourth-order valence-electron chi connectivity index (χ4n) is 4.37. The first kappa shape index (κ1) is 24.9. The molecule has 2 N–H and O–H groups in total. The molecular formula is C25H28FN9OS. The highest BCUT2D eigenvalue weighted by molar-refractivity contribution is 7.92. The van der Waals surface area contributed by atoms with Crippen molar-refractivity contribution in [2.45, 2.75) is 19.4 Å². The summed E-state index contributed by atoms with van der Waals surface area (Å²) >= 11 is 0. The zero-order valence-corrected chi connectivity index (χ0v) is 21.8. The van der Waals surface area contributed by atoms with Crippen molar-refractivity contribution in [3.63, 3.8) is 0 Å². The van der Waals surface area contributed by atoms with Crippen LogP contribution in [0.2, 0.25) is 0 Å². The summed E-state index contributed by atoms with van der Waals surface area (Å²) in [7, 11) is -0.490. The van der Waals surface area contributed by atoms with Crippen LogP contribution in [0.15, 0.2) is 34.8 Å². The molecule has 2 aliphatic heterocycles. The molecule has 5 rings (SSSR count). The molecule has 2 aromatic heterocycles. The molecule has 2 aliphatic rings. The SMILES string of the molecule is CN1CCc2c(cc(Nc3ncc(C#N)c(Nc4ccc(F)c(N=S(C)(C)=O)n4)n3)cc2N2CCC2)C1. The number of pyridine rings is 1. The average molecular weight is 522 g/mol. The highest BCUT2D eigenvalue weighted by Crippen LogP contribution is 2.35. The van der Waals surface area contributed by atoms with Crippen LogP contribution in [0.25, 0.3) is 0 Å². The maximum atomic E-state index is 14.2. The van der Waals surface area contributed by atoms with Crippen molar-refractivity contribution in [3.8, 4) is 6.07 Å². The van der Waals surface area contributed by atoms with Gasteiger partial charge in [0.2, 0.25) is 5.95 Å². The van der Waals surface area contributed by atoms with Crippen LogP contribution < -0.4 is 15.5 Å². The second kappa shape index (κ2) is 9.91. The first-order valence-corrected chi connectivity index (χ1v) is 14.3. The van der Waals surface area contributed by atoms with Gasteiger partial charge in [0.1, 0.15) is 17.5 Å². The third kappa shape index (κ3) is 5.63. The van der Waals surface area contributed by atoms with Crippen LogP contribution in [-0.2, 0) is 22.7 Å². The number of rotatable bonds is 6. The third-order valence-corrected chi connectivity index (χ3v) is 6.86. The Labute approximate surface area is 215 Å². The van der Waals surface area contributed by atoms with Crippen LogP contribution >= 0.6 is 0 Å². The molecule has 0 aliphatic carbocycles. The quantitative estimate of drug-likeness (QED) is 0.497. The number of anilines is 5. The number of halogens is 1. The van der Waals surface area contributed by atoms with E-state index in [1.807, 2.05) is 0 Å². The lowest BCUT2D eigenvalue weighted by atomic mass is 9.95. The summed E-state index contributed by atoms with van der Waals surface area (Å²) in [6.45, 7) is 4.01. The molecule has 0 amide bonds. The number of nitrogens with zero attached hydrogens (tertiary/aromatic N) is 7. The van der Waals surface area contributed by atoms with Gasteiger partial charge < -0.3 is 20.4 Å². The monoisotopic (exact) mass is 521 g/mol. The zero-order valence-electron chi connectivity index (χ0n) is 21.0. The van der Waals surface area contributed by atoms with Gasteiger partial charge in [-0.2, -0.15) is 14.6 Å². The second-order valence-corrected chi connectivity index (χ2v) is 12.1. The Hall–Kier alpha value is -3.82. The number of likely N-dealkylation sites (N-methyl/N-ethyl adjacent to an activating group) is 1. The molecule has 0 saturated carbocycles. The van der Waals surface area contributed by atoms with Crippen LogP contribution in [0.4, 0.5) is 39.2 Å². The van der Waals surface area contributed by atoms with Crippen molar-refractivity contribution >= 4 is 44.5 Å². The predicted molar refractivity (Wildman–Crippen MR) is 143 cm³/mol. The smallest absolute Gasteiger partial charge is 0.229 e. The number of nitriles is 1. The van der Waals surface area contributed by atoms with Crippen molar-refractivity contribution in [3.05, 3.63) is 53.0 Å².